The minimum atomic E-state index is -0.190. The lowest BCUT2D eigenvalue weighted by Crippen LogP contribution is -2.17. The maximum Gasteiger partial charge on any atom is 0.224 e. The van der Waals surface area contributed by atoms with Gasteiger partial charge < -0.3 is 10.2 Å². The fraction of sp³-hybridized carbons (Fsp3) is 0.333. The van der Waals surface area contributed by atoms with Crippen LogP contribution in [0.3, 0.4) is 0 Å². The summed E-state index contributed by atoms with van der Waals surface area (Å²) in [6.07, 6.45) is 3.64. The number of hydrogen-bond acceptors (Lipinski definition) is 3. The lowest BCUT2D eigenvalue weighted by Gasteiger charge is -2.19. The number of rotatable bonds is 6. The number of nitrogens with zero attached hydrogens (tertiary/aromatic N) is 1. The molecule has 0 saturated carbocycles. The van der Waals surface area contributed by atoms with Crippen LogP contribution in [0.4, 0.5) is 11.4 Å². The van der Waals surface area contributed by atoms with Gasteiger partial charge in [-0.25, -0.2) is 0 Å². The van der Waals surface area contributed by atoms with E-state index in [1.54, 1.807) is 18.2 Å². The van der Waals surface area contributed by atoms with Gasteiger partial charge in [-0.2, -0.15) is 0 Å². The van der Waals surface area contributed by atoms with E-state index in [4.69, 9.17) is 11.6 Å². The lowest BCUT2D eigenvalue weighted by molar-refractivity contribution is -0.116. The molecule has 4 nitrogen and oxygen atoms in total. The van der Waals surface area contributed by atoms with Crippen molar-refractivity contribution < 1.29 is 9.59 Å². The third-order valence-electron chi connectivity index (χ3n) is 4.71. The molecule has 0 atom stereocenters. The van der Waals surface area contributed by atoms with Crippen molar-refractivity contribution in [3.8, 4) is 0 Å². The average Bonchev–Trinajstić information content (AvgIpc) is 3.07. The summed E-state index contributed by atoms with van der Waals surface area (Å²) in [5.74, 6) is -0.182. The Balaban J connectivity index is 1.61. The third-order valence-corrected chi connectivity index (χ3v) is 5.01. The van der Waals surface area contributed by atoms with Crippen LogP contribution in [0.5, 0.6) is 0 Å². The van der Waals surface area contributed by atoms with Gasteiger partial charge in [-0.3, -0.25) is 9.59 Å². The zero-order chi connectivity index (χ0) is 18.7. The molecule has 2 aromatic carbocycles. The molecule has 2 aromatic rings. The predicted molar refractivity (Wildman–Crippen MR) is 106 cm³/mol. The normalized spacial score (nSPS) is 12.6. The molecule has 0 saturated heterocycles. The van der Waals surface area contributed by atoms with Crippen LogP contribution >= 0.6 is 11.6 Å². The Morgan fingerprint density at radius 3 is 2.62 bits per heavy atom. The molecule has 3 rings (SSSR count). The van der Waals surface area contributed by atoms with Crippen LogP contribution in [0.1, 0.15) is 40.7 Å². The first-order chi connectivity index (χ1) is 12.5. The van der Waals surface area contributed by atoms with Crippen molar-refractivity contribution in [3.63, 3.8) is 0 Å². The van der Waals surface area contributed by atoms with Gasteiger partial charge in [0, 0.05) is 32.5 Å². The Kier molecular flexibility index (Phi) is 5.62. The largest absolute Gasteiger partial charge is 0.375 e. The lowest BCUT2D eigenvalue weighted by atomic mass is 10.0. The monoisotopic (exact) mass is 370 g/mol. The first-order valence-corrected chi connectivity index (χ1v) is 9.24. The van der Waals surface area contributed by atoms with Crippen LogP contribution in [-0.2, 0) is 17.6 Å². The Bertz CT molecular complexity index is 846. The molecule has 0 heterocycles. The number of carbonyl (C=O) groups is 2. The summed E-state index contributed by atoms with van der Waals surface area (Å²) in [5.41, 5.74) is 4.73. The second-order valence-electron chi connectivity index (χ2n) is 6.84. The van der Waals surface area contributed by atoms with Crippen molar-refractivity contribution in [3.05, 3.63) is 58.1 Å². The van der Waals surface area contributed by atoms with Crippen LogP contribution in [-0.4, -0.2) is 25.8 Å². The molecular formula is C21H23ClN2O2. The van der Waals surface area contributed by atoms with E-state index in [-0.39, 0.29) is 24.5 Å². The van der Waals surface area contributed by atoms with Crippen molar-refractivity contribution in [2.45, 2.75) is 32.1 Å². The van der Waals surface area contributed by atoms with E-state index >= 15 is 0 Å². The Hall–Kier alpha value is -2.33. The van der Waals surface area contributed by atoms with Crippen molar-refractivity contribution in [2.75, 3.05) is 24.3 Å². The van der Waals surface area contributed by atoms with Crippen molar-refractivity contribution in [2.24, 2.45) is 0 Å². The number of hydrogen-bond donors (Lipinski definition) is 1. The van der Waals surface area contributed by atoms with Crippen LogP contribution in [0.2, 0.25) is 5.02 Å². The summed E-state index contributed by atoms with van der Waals surface area (Å²) in [6.45, 7) is 0. The van der Waals surface area contributed by atoms with Gasteiger partial charge >= 0.3 is 0 Å². The average molecular weight is 371 g/mol. The Morgan fingerprint density at radius 1 is 1.08 bits per heavy atom. The molecule has 26 heavy (non-hydrogen) atoms. The van der Waals surface area contributed by atoms with Crippen LogP contribution in [0.25, 0.3) is 0 Å². The van der Waals surface area contributed by atoms with Crippen LogP contribution in [0, 0.1) is 0 Å². The number of para-hydroxylation sites is 1. The van der Waals surface area contributed by atoms with E-state index in [1.807, 2.05) is 37.2 Å². The van der Waals surface area contributed by atoms with E-state index in [0.717, 1.165) is 24.9 Å². The zero-order valence-electron chi connectivity index (χ0n) is 15.1. The Morgan fingerprint density at radius 2 is 1.85 bits per heavy atom. The first kappa shape index (κ1) is 18.5. The number of anilines is 2. The maximum atomic E-state index is 12.4. The standard InChI is InChI=1S/C21H23ClN2O2/c1-24(2)21-17(22)7-4-8-18(21)23-20(26)12-11-19(25)16-10-9-14-5-3-6-15(14)13-16/h4,7-10,13H,3,5-6,11-12H2,1-2H3,(H,23,26). The van der Waals surface area contributed by atoms with Crippen molar-refractivity contribution in [1.29, 1.82) is 0 Å². The molecule has 1 aliphatic rings. The van der Waals surface area contributed by atoms with E-state index in [2.05, 4.69) is 5.32 Å². The zero-order valence-corrected chi connectivity index (χ0v) is 15.9. The van der Waals surface area contributed by atoms with E-state index in [1.165, 1.54) is 11.1 Å². The molecule has 1 aliphatic carbocycles. The van der Waals surface area contributed by atoms with Crippen molar-refractivity contribution in [1.82, 2.24) is 0 Å². The highest BCUT2D eigenvalue weighted by Gasteiger charge is 2.16. The molecule has 0 fully saturated rings. The van der Waals surface area contributed by atoms with Gasteiger partial charge in [0.2, 0.25) is 5.91 Å². The van der Waals surface area contributed by atoms with Crippen LogP contribution in [0.15, 0.2) is 36.4 Å². The minimum absolute atomic E-state index is 0.00813. The van der Waals surface area contributed by atoms with Gasteiger partial charge in [0.15, 0.2) is 5.78 Å². The number of amides is 1. The van der Waals surface area contributed by atoms with Crippen molar-refractivity contribution >= 4 is 34.7 Å². The number of benzene rings is 2. The number of ketones is 1. The van der Waals surface area contributed by atoms with Gasteiger partial charge in [0.25, 0.3) is 0 Å². The van der Waals surface area contributed by atoms with Gasteiger partial charge in [-0.05, 0) is 48.6 Å². The molecule has 136 valence electrons. The SMILES string of the molecule is CN(C)c1c(Cl)cccc1NC(=O)CCC(=O)c1ccc2c(c1)CCC2. The number of fused-ring (bicyclic) bond motifs is 1. The molecule has 1 amide bonds. The maximum absolute atomic E-state index is 12.4. The fourth-order valence-electron chi connectivity index (χ4n) is 3.40. The molecule has 0 radical (unpaired) electrons. The summed E-state index contributed by atoms with van der Waals surface area (Å²) in [7, 11) is 3.74. The summed E-state index contributed by atoms with van der Waals surface area (Å²) in [4.78, 5) is 26.6. The topological polar surface area (TPSA) is 49.4 Å². The van der Waals surface area contributed by atoms with E-state index in [0.29, 0.717) is 16.3 Å². The molecule has 0 spiro atoms. The highest BCUT2D eigenvalue weighted by Crippen LogP contribution is 2.32. The number of aryl methyl sites for hydroxylation is 2. The molecule has 1 N–H and O–H groups in total. The van der Waals surface area contributed by atoms with E-state index in [9.17, 15) is 9.59 Å². The highest BCUT2D eigenvalue weighted by atomic mass is 35.5. The third kappa shape index (κ3) is 4.07. The minimum Gasteiger partial charge on any atom is -0.375 e. The van der Waals surface area contributed by atoms with Gasteiger partial charge in [0.1, 0.15) is 0 Å². The summed E-state index contributed by atoms with van der Waals surface area (Å²) < 4.78 is 0. The molecule has 0 bridgehead atoms. The molecule has 0 aliphatic heterocycles. The summed E-state index contributed by atoms with van der Waals surface area (Å²) >= 11 is 6.21. The van der Waals surface area contributed by atoms with Gasteiger partial charge in [-0.15, -0.1) is 0 Å². The number of Topliss-reactive ketones (excluding diaryl/α,β-unsaturated/α-hetero) is 1. The molecule has 5 heteroatoms. The van der Waals surface area contributed by atoms with Gasteiger partial charge in [0.05, 0.1) is 16.4 Å². The molecule has 0 unspecified atom stereocenters. The van der Waals surface area contributed by atoms with Gasteiger partial charge in [-0.1, -0.05) is 29.8 Å². The smallest absolute Gasteiger partial charge is 0.224 e. The number of nitrogens with one attached hydrogen (secondary N) is 1. The van der Waals surface area contributed by atoms with E-state index < -0.39 is 0 Å². The summed E-state index contributed by atoms with van der Waals surface area (Å²) in [6, 6.07) is 11.3. The number of carbonyl (C=O) groups excluding carboxylic acids is 2. The fourth-order valence-corrected chi connectivity index (χ4v) is 3.74. The highest BCUT2D eigenvalue weighted by molar-refractivity contribution is 6.34. The second-order valence-corrected chi connectivity index (χ2v) is 7.25. The first-order valence-electron chi connectivity index (χ1n) is 8.86. The predicted octanol–water partition coefficient (Wildman–Crippen LogP) is 4.50. The quantitative estimate of drug-likeness (QED) is 0.762. The number of halogens is 1. The summed E-state index contributed by atoms with van der Waals surface area (Å²) in [5, 5.41) is 3.44. The Labute approximate surface area is 159 Å². The molecular weight excluding hydrogens is 348 g/mol. The molecule has 0 aromatic heterocycles. The second kappa shape index (κ2) is 7.92. The van der Waals surface area contributed by atoms with Crippen LogP contribution < -0.4 is 10.2 Å².